The van der Waals surface area contributed by atoms with E-state index in [-0.39, 0.29) is 5.91 Å². The predicted molar refractivity (Wildman–Crippen MR) is 84.5 cm³/mol. The lowest BCUT2D eigenvalue weighted by atomic mass is 10.1. The molecular formula is C16H19N5O. The van der Waals surface area contributed by atoms with E-state index in [9.17, 15) is 4.79 Å². The monoisotopic (exact) mass is 297 g/mol. The van der Waals surface area contributed by atoms with Crippen molar-refractivity contribution in [1.82, 2.24) is 14.9 Å². The summed E-state index contributed by atoms with van der Waals surface area (Å²) in [6.07, 6.45) is 5.23. The summed E-state index contributed by atoms with van der Waals surface area (Å²) in [5, 5.41) is 0. The fourth-order valence-corrected chi connectivity index (χ4v) is 2.64. The van der Waals surface area contributed by atoms with E-state index in [1.807, 2.05) is 18.3 Å². The molecule has 0 spiro atoms. The molecule has 1 aromatic carbocycles. The number of hydrogen-bond donors (Lipinski definition) is 1. The van der Waals surface area contributed by atoms with Crippen LogP contribution < -0.4 is 10.6 Å². The maximum atomic E-state index is 11.1. The van der Waals surface area contributed by atoms with Crippen LogP contribution in [0.25, 0.3) is 0 Å². The molecule has 0 bridgehead atoms. The Bertz CT molecular complexity index is 621. The van der Waals surface area contributed by atoms with E-state index in [0.717, 1.165) is 44.1 Å². The highest BCUT2D eigenvalue weighted by Gasteiger charge is 2.17. The van der Waals surface area contributed by atoms with E-state index in [0.29, 0.717) is 5.56 Å². The minimum Gasteiger partial charge on any atom is -0.369 e. The number of aromatic nitrogens is 2. The van der Waals surface area contributed by atoms with Crippen LogP contribution in [0.4, 0.5) is 5.69 Å². The van der Waals surface area contributed by atoms with Crippen LogP contribution in [0.1, 0.15) is 16.1 Å². The fraction of sp³-hybridized carbons (Fsp3) is 0.312. The van der Waals surface area contributed by atoms with E-state index in [2.05, 4.69) is 19.8 Å². The maximum absolute atomic E-state index is 11.1. The number of piperazine rings is 1. The fourth-order valence-electron chi connectivity index (χ4n) is 2.64. The SMILES string of the molecule is NC(=O)c1ccc(N2CCN(Cc3cnccn3)CC2)cc1. The summed E-state index contributed by atoms with van der Waals surface area (Å²) >= 11 is 0. The highest BCUT2D eigenvalue weighted by atomic mass is 16.1. The van der Waals surface area contributed by atoms with Crippen molar-refractivity contribution in [2.45, 2.75) is 6.54 Å². The summed E-state index contributed by atoms with van der Waals surface area (Å²) in [6.45, 7) is 4.71. The number of amides is 1. The van der Waals surface area contributed by atoms with Crippen LogP contribution in [-0.4, -0.2) is 47.0 Å². The third kappa shape index (κ3) is 3.40. The Morgan fingerprint density at radius 3 is 2.41 bits per heavy atom. The molecule has 2 heterocycles. The molecule has 0 unspecified atom stereocenters. The molecule has 114 valence electrons. The van der Waals surface area contributed by atoms with Gasteiger partial charge in [-0.3, -0.25) is 19.7 Å². The molecule has 0 saturated carbocycles. The van der Waals surface area contributed by atoms with Crippen LogP contribution in [0.3, 0.4) is 0 Å². The molecule has 0 radical (unpaired) electrons. The van der Waals surface area contributed by atoms with Gasteiger partial charge in [0.05, 0.1) is 5.69 Å². The van der Waals surface area contributed by atoms with Gasteiger partial charge in [-0.25, -0.2) is 0 Å². The van der Waals surface area contributed by atoms with Gasteiger partial charge in [-0.15, -0.1) is 0 Å². The summed E-state index contributed by atoms with van der Waals surface area (Å²) < 4.78 is 0. The zero-order valence-corrected chi connectivity index (χ0v) is 12.4. The first-order valence-corrected chi connectivity index (χ1v) is 7.34. The van der Waals surface area contributed by atoms with E-state index >= 15 is 0 Å². The number of carbonyl (C=O) groups is 1. The molecule has 0 aliphatic carbocycles. The number of nitrogens with two attached hydrogens (primary N) is 1. The van der Waals surface area contributed by atoms with Gasteiger partial charge in [-0.2, -0.15) is 0 Å². The Balaban J connectivity index is 1.56. The van der Waals surface area contributed by atoms with Crippen molar-refractivity contribution < 1.29 is 4.79 Å². The quantitative estimate of drug-likeness (QED) is 0.907. The second kappa shape index (κ2) is 6.53. The van der Waals surface area contributed by atoms with Gasteiger partial charge in [0.2, 0.25) is 5.91 Å². The molecule has 1 saturated heterocycles. The van der Waals surface area contributed by atoms with Gasteiger partial charge in [0.1, 0.15) is 0 Å². The molecule has 1 aromatic heterocycles. The van der Waals surface area contributed by atoms with Gasteiger partial charge in [0.15, 0.2) is 0 Å². The van der Waals surface area contributed by atoms with Gasteiger partial charge >= 0.3 is 0 Å². The second-order valence-electron chi connectivity index (χ2n) is 5.37. The lowest BCUT2D eigenvalue weighted by Crippen LogP contribution is -2.46. The lowest BCUT2D eigenvalue weighted by molar-refractivity contribution is 0.100. The molecule has 22 heavy (non-hydrogen) atoms. The van der Waals surface area contributed by atoms with Crippen LogP contribution in [0, 0.1) is 0 Å². The highest BCUT2D eigenvalue weighted by molar-refractivity contribution is 5.93. The van der Waals surface area contributed by atoms with Crippen molar-refractivity contribution in [3.63, 3.8) is 0 Å². The van der Waals surface area contributed by atoms with E-state index in [1.165, 1.54) is 0 Å². The van der Waals surface area contributed by atoms with Crippen LogP contribution in [0.2, 0.25) is 0 Å². The Morgan fingerprint density at radius 1 is 1.09 bits per heavy atom. The molecule has 1 aliphatic rings. The molecule has 1 amide bonds. The lowest BCUT2D eigenvalue weighted by Gasteiger charge is -2.35. The van der Waals surface area contributed by atoms with Crippen LogP contribution >= 0.6 is 0 Å². The zero-order valence-electron chi connectivity index (χ0n) is 12.4. The molecule has 1 aliphatic heterocycles. The first-order chi connectivity index (χ1) is 10.7. The number of anilines is 1. The number of rotatable bonds is 4. The zero-order chi connectivity index (χ0) is 15.4. The molecule has 2 N–H and O–H groups in total. The largest absolute Gasteiger partial charge is 0.369 e. The predicted octanol–water partition coefficient (Wildman–Crippen LogP) is 0.898. The minimum absolute atomic E-state index is 0.389. The van der Waals surface area contributed by atoms with Crippen molar-refractivity contribution in [1.29, 1.82) is 0 Å². The smallest absolute Gasteiger partial charge is 0.248 e. The summed E-state index contributed by atoms with van der Waals surface area (Å²) in [4.78, 5) is 24.2. The molecule has 1 fully saturated rings. The first kappa shape index (κ1) is 14.5. The normalized spacial score (nSPS) is 15.7. The number of benzene rings is 1. The Morgan fingerprint density at radius 2 is 1.82 bits per heavy atom. The van der Waals surface area contributed by atoms with E-state index in [4.69, 9.17) is 5.73 Å². The van der Waals surface area contributed by atoms with Crippen molar-refractivity contribution in [3.05, 3.63) is 54.1 Å². The minimum atomic E-state index is -0.389. The molecule has 2 aromatic rings. The molecule has 0 atom stereocenters. The van der Waals surface area contributed by atoms with E-state index < -0.39 is 0 Å². The topological polar surface area (TPSA) is 75.4 Å². The van der Waals surface area contributed by atoms with Crippen LogP contribution in [-0.2, 0) is 6.54 Å². The molecule has 6 nitrogen and oxygen atoms in total. The maximum Gasteiger partial charge on any atom is 0.248 e. The Kier molecular flexibility index (Phi) is 4.29. The second-order valence-corrected chi connectivity index (χ2v) is 5.37. The van der Waals surface area contributed by atoms with Gasteiger partial charge in [0.25, 0.3) is 0 Å². The summed E-state index contributed by atoms with van der Waals surface area (Å²) in [5.74, 6) is -0.389. The number of primary amides is 1. The summed E-state index contributed by atoms with van der Waals surface area (Å²) in [7, 11) is 0. The third-order valence-corrected chi connectivity index (χ3v) is 3.89. The van der Waals surface area contributed by atoms with Crippen molar-refractivity contribution in [2.24, 2.45) is 5.73 Å². The summed E-state index contributed by atoms with van der Waals surface area (Å²) in [6, 6.07) is 7.48. The molecule has 6 heteroatoms. The van der Waals surface area contributed by atoms with Crippen LogP contribution in [0.15, 0.2) is 42.9 Å². The van der Waals surface area contributed by atoms with Gasteiger partial charge in [0, 0.05) is 62.6 Å². The number of nitrogens with zero attached hydrogens (tertiary/aromatic N) is 4. The van der Waals surface area contributed by atoms with Crippen molar-refractivity contribution in [3.8, 4) is 0 Å². The number of carbonyl (C=O) groups excluding carboxylic acids is 1. The highest BCUT2D eigenvalue weighted by Crippen LogP contribution is 2.17. The van der Waals surface area contributed by atoms with E-state index in [1.54, 1.807) is 24.5 Å². The van der Waals surface area contributed by atoms with Gasteiger partial charge in [-0.1, -0.05) is 0 Å². The summed E-state index contributed by atoms with van der Waals surface area (Å²) in [5.41, 5.74) is 7.94. The van der Waals surface area contributed by atoms with Crippen LogP contribution in [0.5, 0.6) is 0 Å². The van der Waals surface area contributed by atoms with Crippen molar-refractivity contribution >= 4 is 11.6 Å². The van der Waals surface area contributed by atoms with Gasteiger partial charge in [-0.05, 0) is 24.3 Å². The average Bonchev–Trinajstić information content (AvgIpc) is 2.57. The average molecular weight is 297 g/mol. The Labute approximate surface area is 129 Å². The Hall–Kier alpha value is -2.47. The third-order valence-electron chi connectivity index (χ3n) is 3.89. The standard InChI is InChI=1S/C16H19N5O/c17-16(22)13-1-3-15(4-2-13)21-9-7-20(8-10-21)12-14-11-18-5-6-19-14/h1-6,11H,7-10,12H2,(H2,17,22). The van der Waals surface area contributed by atoms with Crippen molar-refractivity contribution in [2.75, 3.05) is 31.1 Å². The first-order valence-electron chi connectivity index (χ1n) is 7.34. The molecule has 3 rings (SSSR count). The molecular weight excluding hydrogens is 278 g/mol. The van der Waals surface area contributed by atoms with Gasteiger partial charge < -0.3 is 10.6 Å². The number of hydrogen-bond acceptors (Lipinski definition) is 5.